The zero-order valence-corrected chi connectivity index (χ0v) is 12.7. The first-order valence-corrected chi connectivity index (χ1v) is 7.17. The maximum Gasteiger partial charge on any atom is 0.363 e. The van der Waals surface area contributed by atoms with Crippen LogP contribution in [0, 0.1) is 5.82 Å². The van der Waals surface area contributed by atoms with Crippen LogP contribution in [0.3, 0.4) is 0 Å². The number of cyclic esters (lactones) is 1. The van der Waals surface area contributed by atoms with Gasteiger partial charge in [0.25, 0.3) is 0 Å². The number of ether oxygens (including phenoxy) is 1. The first-order chi connectivity index (χ1) is 11.5. The Kier molecular flexibility index (Phi) is 4.20. The Hall–Kier alpha value is -3.28. The second-order valence-corrected chi connectivity index (χ2v) is 5.15. The average Bonchev–Trinajstić information content (AvgIpc) is 2.91. The van der Waals surface area contributed by atoms with Gasteiger partial charge in [-0.3, -0.25) is 4.79 Å². The highest BCUT2D eigenvalue weighted by Crippen LogP contribution is 2.20. The third kappa shape index (κ3) is 3.55. The first-order valence-electron chi connectivity index (χ1n) is 7.17. The van der Waals surface area contributed by atoms with E-state index in [-0.39, 0.29) is 23.3 Å². The van der Waals surface area contributed by atoms with Gasteiger partial charge in [0.1, 0.15) is 5.82 Å². The van der Waals surface area contributed by atoms with Gasteiger partial charge in [0.2, 0.25) is 11.8 Å². The predicted molar refractivity (Wildman–Crippen MR) is 87.8 cm³/mol. The summed E-state index contributed by atoms with van der Waals surface area (Å²) in [6, 6.07) is 12.5. The van der Waals surface area contributed by atoms with Gasteiger partial charge in [-0.05, 0) is 48.0 Å². The van der Waals surface area contributed by atoms with Gasteiger partial charge in [-0.15, -0.1) is 0 Å². The standard InChI is InChI=1S/C18H13FN2O3/c1-11(22)20-15-8-4-13(5-9-15)17-21-16(18(23)24-17)10-12-2-6-14(19)7-3-12/h2-10H,1H3,(H,20,22). The highest BCUT2D eigenvalue weighted by Gasteiger charge is 2.24. The molecular formula is C18H13FN2O3. The SMILES string of the molecule is CC(=O)Nc1ccc(C2=NC(=Cc3ccc(F)cc3)C(=O)O2)cc1. The van der Waals surface area contributed by atoms with E-state index in [4.69, 9.17) is 4.74 Å². The third-order valence-corrected chi connectivity index (χ3v) is 3.25. The molecule has 1 N–H and O–H groups in total. The highest BCUT2D eigenvalue weighted by atomic mass is 19.1. The predicted octanol–water partition coefficient (Wildman–Crippen LogP) is 3.13. The van der Waals surface area contributed by atoms with Crippen molar-refractivity contribution in [2.75, 3.05) is 5.32 Å². The summed E-state index contributed by atoms with van der Waals surface area (Å²) in [5.74, 6) is -0.908. The van der Waals surface area contributed by atoms with Gasteiger partial charge in [0, 0.05) is 18.2 Å². The van der Waals surface area contributed by atoms with Gasteiger partial charge in [-0.25, -0.2) is 14.2 Å². The summed E-state index contributed by atoms with van der Waals surface area (Å²) in [6.07, 6.45) is 1.53. The highest BCUT2D eigenvalue weighted by molar-refractivity contribution is 6.13. The van der Waals surface area contributed by atoms with Gasteiger partial charge in [-0.1, -0.05) is 12.1 Å². The normalized spacial score (nSPS) is 15.2. The van der Waals surface area contributed by atoms with E-state index < -0.39 is 5.97 Å². The molecule has 2 aromatic rings. The molecule has 0 spiro atoms. The number of nitrogens with one attached hydrogen (secondary N) is 1. The molecule has 0 atom stereocenters. The van der Waals surface area contributed by atoms with Crippen molar-refractivity contribution in [2.45, 2.75) is 6.92 Å². The van der Waals surface area contributed by atoms with Crippen LogP contribution in [0.15, 0.2) is 59.2 Å². The number of hydrogen-bond donors (Lipinski definition) is 1. The van der Waals surface area contributed by atoms with Crippen molar-refractivity contribution in [3.8, 4) is 0 Å². The second kappa shape index (κ2) is 6.45. The minimum atomic E-state index is -0.569. The lowest BCUT2D eigenvalue weighted by molar-refractivity contribution is -0.129. The molecule has 0 aromatic heterocycles. The first kappa shape index (κ1) is 15.6. The Morgan fingerprint density at radius 3 is 2.42 bits per heavy atom. The fourth-order valence-corrected chi connectivity index (χ4v) is 2.15. The number of carbonyl (C=O) groups excluding carboxylic acids is 2. The lowest BCUT2D eigenvalue weighted by atomic mass is 10.2. The fraction of sp³-hybridized carbons (Fsp3) is 0.0556. The van der Waals surface area contributed by atoms with Crippen molar-refractivity contribution in [3.05, 3.63) is 71.2 Å². The Morgan fingerprint density at radius 2 is 1.79 bits per heavy atom. The molecule has 24 heavy (non-hydrogen) atoms. The summed E-state index contributed by atoms with van der Waals surface area (Å²) < 4.78 is 18.1. The van der Waals surface area contributed by atoms with Crippen LogP contribution in [0.25, 0.3) is 6.08 Å². The number of aliphatic imine (C=N–C) groups is 1. The van der Waals surface area contributed by atoms with Crippen LogP contribution in [-0.4, -0.2) is 17.8 Å². The Labute approximate surface area is 137 Å². The van der Waals surface area contributed by atoms with E-state index in [1.165, 1.54) is 25.1 Å². The van der Waals surface area contributed by atoms with Crippen LogP contribution in [0.2, 0.25) is 0 Å². The van der Waals surface area contributed by atoms with E-state index in [9.17, 15) is 14.0 Å². The molecule has 1 heterocycles. The van der Waals surface area contributed by atoms with Gasteiger partial charge >= 0.3 is 5.97 Å². The van der Waals surface area contributed by atoms with E-state index in [1.54, 1.807) is 36.4 Å². The fourth-order valence-electron chi connectivity index (χ4n) is 2.15. The number of esters is 1. The van der Waals surface area contributed by atoms with Gasteiger partial charge in [0.15, 0.2) is 5.70 Å². The maximum atomic E-state index is 12.9. The lowest BCUT2D eigenvalue weighted by Gasteiger charge is -2.03. The minimum Gasteiger partial charge on any atom is -0.402 e. The van der Waals surface area contributed by atoms with Crippen LogP contribution < -0.4 is 5.32 Å². The number of hydrogen-bond acceptors (Lipinski definition) is 4. The summed E-state index contributed by atoms with van der Waals surface area (Å²) in [4.78, 5) is 27.1. The number of amides is 1. The molecule has 2 aromatic carbocycles. The number of rotatable bonds is 3. The molecule has 3 rings (SSSR count). The topological polar surface area (TPSA) is 67.8 Å². The molecule has 5 nitrogen and oxygen atoms in total. The Morgan fingerprint density at radius 1 is 1.12 bits per heavy atom. The number of halogens is 1. The van der Waals surface area contributed by atoms with Gasteiger partial charge in [0.05, 0.1) is 0 Å². The van der Waals surface area contributed by atoms with E-state index in [0.29, 0.717) is 16.8 Å². The quantitative estimate of drug-likeness (QED) is 0.697. The molecule has 1 aliphatic heterocycles. The van der Waals surface area contributed by atoms with Crippen molar-refractivity contribution in [2.24, 2.45) is 4.99 Å². The summed E-state index contributed by atoms with van der Waals surface area (Å²) >= 11 is 0. The van der Waals surface area contributed by atoms with E-state index in [2.05, 4.69) is 10.3 Å². The third-order valence-electron chi connectivity index (χ3n) is 3.25. The molecule has 0 saturated carbocycles. The van der Waals surface area contributed by atoms with Crippen molar-refractivity contribution in [1.82, 2.24) is 0 Å². The molecule has 0 saturated heterocycles. The lowest BCUT2D eigenvalue weighted by Crippen LogP contribution is -2.07. The summed E-state index contributed by atoms with van der Waals surface area (Å²) in [5, 5.41) is 2.65. The van der Waals surface area contributed by atoms with Gasteiger partial charge in [-0.2, -0.15) is 0 Å². The smallest absolute Gasteiger partial charge is 0.363 e. The summed E-state index contributed by atoms with van der Waals surface area (Å²) in [5.41, 5.74) is 2.04. The number of anilines is 1. The Balaban J connectivity index is 1.83. The van der Waals surface area contributed by atoms with Gasteiger partial charge < -0.3 is 10.1 Å². The van der Waals surface area contributed by atoms with Crippen LogP contribution in [0.5, 0.6) is 0 Å². The zero-order valence-electron chi connectivity index (χ0n) is 12.7. The van der Waals surface area contributed by atoms with Crippen LogP contribution in [-0.2, 0) is 14.3 Å². The van der Waals surface area contributed by atoms with Crippen molar-refractivity contribution < 1.29 is 18.7 Å². The average molecular weight is 324 g/mol. The van der Waals surface area contributed by atoms with Crippen LogP contribution in [0.4, 0.5) is 10.1 Å². The zero-order chi connectivity index (χ0) is 17.1. The molecule has 1 amide bonds. The van der Waals surface area contributed by atoms with Crippen LogP contribution >= 0.6 is 0 Å². The minimum absolute atomic E-state index is 0.141. The number of nitrogens with zero attached hydrogens (tertiary/aromatic N) is 1. The Bertz CT molecular complexity index is 853. The van der Waals surface area contributed by atoms with E-state index >= 15 is 0 Å². The van der Waals surface area contributed by atoms with Crippen LogP contribution in [0.1, 0.15) is 18.1 Å². The largest absolute Gasteiger partial charge is 0.402 e. The molecular weight excluding hydrogens is 311 g/mol. The molecule has 0 bridgehead atoms. The van der Waals surface area contributed by atoms with E-state index in [1.807, 2.05) is 0 Å². The van der Waals surface area contributed by atoms with Crippen molar-refractivity contribution in [3.63, 3.8) is 0 Å². The molecule has 1 aliphatic rings. The van der Waals surface area contributed by atoms with E-state index in [0.717, 1.165) is 0 Å². The number of benzene rings is 2. The number of carbonyl (C=O) groups is 2. The monoisotopic (exact) mass is 324 g/mol. The molecule has 6 heteroatoms. The second-order valence-electron chi connectivity index (χ2n) is 5.15. The molecule has 0 aliphatic carbocycles. The molecule has 0 unspecified atom stereocenters. The molecule has 0 radical (unpaired) electrons. The summed E-state index contributed by atoms with van der Waals surface area (Å²) in [6.45, 7) is 1.42. The van der Waals surface area contributed by atoms with Crippen molar-refractivity contribution in [1.29, 1.82) is 0 Å². The summed E-state index contributed by atoms with van der Waals surface area (Å²) in [7, 11) is 0. The molecule has 0 fully saturated rings. The molecule has 120 valence electrons. The van der Waals surface area contributed by atoms with Crippen molar-refractivity contribution >= 4 is 29.5 Å². The maximum absolute atomic E-state index is 12.9.